The van der Waals surface area contributed by atoms with Gasteiger partial charge in [0.25, 0.3) is 0 Å². The van der Waals surface area contributed by atoms with Gasteiger partial charge < -0.3 is 9.15 Å². The highest BCUT2D eigenvalue weighted by molar-refractivity contribution is 5.60. The molecule has 2 heterocycles. The van der Waals surface area contributed by atoms with Crippen molar-refractivity contribution in [2.75, 3.05) is 7.11 Å². The average molecular weight is 297 g/mol. The molecule has 0 saturated carbocycles. The van der Waals surface area contributed by atoms with E-state index in [4.69, 9.17) is 9.15 Å². The molecule has 0 amide bonds. The molecule has 1 aromatic carbocycles. The van der Waals surface area contributed by atoms with Gasteiger partial charge in [-0.1, -0.05) is 12.1 Å². The SMILES string of the molecule is COc1cccc(C)c1-n1c(C)nnc1-c1cc(C)c(C)o1. The van der Waals surface area contributed by atoms with Crippen LogP contribution in [0.25, 0.3) is 17.3 Å². The molecule has 0 aliphatic rings. The topological polar surface area (TPSA) is 53.1 Å². The average Bonchev–Trinajstić information content (AvgIpc) is 3.02. The van der Waals surface area contributed by atoms with Crippen LogP contribution in [0.2, 0.25) is 0 Å². The fourth-order valence-electron chi connectivity index (χ4n) is 2.56. The van der Waals surface area contributed by atoms with Crippen LogP contribution in [0.1, 0.15) is 22.7 Å². The number of aromatic nitrogens is 3. The van der Waals surface area contributed by atoms with E-state index in [1.54, 1.807) is 7.11 Å². The molecule has 0 atom stereocenters. The fraction of sp³-hybridized carbons (Fsp3) is 0.294. The lowest BCUT2D eigenvalue weighted by Crippen LogP contribution is -2.04. The second-order valence-electron chi connectivity index (χ2n) is 5.38. The largest absolute Gasteiger partial charge is 0.495 e. The Morgan fingerprint density at radius 2 is 1.82 bits per heavy atom. The van der Waals surface area contributed by atoms with Gasteiger partial charge in [-0.05, 0) is 51.0 Å². The summed E-state index contributed by atoms with van der Waals surface area (Å²) >= 11 is 0. The van der Waals surface area contributed by atoms with Crippen LogP contribution in [-0.2, 0) is 0 Å². The first-order valence-corrected chi connectivity index (χ1v) is 7.16. The molecule has 0 N–H and O–H groups in total. The summed E-state index contributed by atoms with van der Waals surface area (Å²) in [6.07, 6.45) is 0. The van der Waals surface area contributed by atoms with E-state index in [2.05, 4.69) is 10.2 Å². The van der Waals surface area contributed by atoms with E-state index in [0.29, 0.717) is 11.6 Å². The lowest BCUT2D eigenvalue weighted by molar-refractivity contribution is 0.412. The third kappa shape index (κ3) is 2.19. The van der Waals surface area contributed by atoms with E-state index in [0.717, 1.165) is 34.1 Å². The van der Waals surface area contributed by atoms with Crippen molar-refractivity contribution in [2.45, 2.75) is 27.7 Å². The molecule has 114 valence electrons. The Hall–Kier alpha value is -2.56. The van der Waals surface area contributed by atoms with E-state index in [1.807, 2.05) is 56.5 Å². The molecule has 0 aliphatic carbocycles. The number of methoxy groups -OCH3 is 1. The predicted molar refractivity (Wildman–Crippen MR) is 84.6 cm³/mol. The van der Waals surface area contributed by atoms with Crippen LogP contribution in [0.5, 0.6) is 5.75 Å². The molecule has 0 saturated heterocycles. The van der Waals surface area contributed by atoms with Crippen molar-refractivity contribution < 1.29 is 9.15 Å². The van der Waals surface area contributed by atoms with Crippen LogP contribution < -0.4 is 4.74 Å². The maximum Gasteiger partial charge on any atom is 0.204 e. The predicted octanol–water partition coefficient (Wildman–Crippen LogP) is 3.77. The van der Waals surface area contributed by atoms with Crippen LogP contribution in [0.15, 0.2) is 28.7 Å². The Morgan fingerprint density at radius 1 is 1.05 bits per heavy atom. The molecule has 0 spiro atoms. The maximum atomic E-state index is 5.83. The van der Waals surface area contributed by atoms with E-state index in [-0.39, 0.29) is 0 Å². The van der Waals surface area contributed by atoms with Crippen molar-refractivity contribution in [3.05, 3.63) is 47.0 Å². The quantitative estimate of drug-likeness (QED) is 0.738. The normalized spacial score (nSPS) is 11.0. The molecule has 3 aromatic rings. The molecular formula is C17H19N3O2. The van der Waals surface area contributed by atoms with Gasteiger partial charge in [0.05, 0.1) is 12.8 Å². The van der Waals surface area contributed by atoms with Crippen molar-refractivity contribution in [1.82, 2.24) is 14.8 Å². The van der Waals surface area contributed by atoms with Gasteiger partial charge in [0, 0.05) is 0 Å². The number of hydrogen-bond donors (Lipinski definition) is 0. The zero-order valence-electron chi connectivity index (χ0n) is 13.5. The first-order chi connectivity index (χ1) is 10.5. The molecular weight excluding hydrogens is 278 g/mol. The van der Waals surface area contributed by atoms with Crippen LogP contribution >= 0.6 is 0 Å². The Kier molecular flexibility index (Phi) is 3.48. The highest BCUT2D eigenvalue weighted by Gasteiger charge is 2.20. The first kappa shape index (κ1) is 14.4. The fourth-order valence-corrected chi connectivity index (χ4v) is 2.56. The summed E-state index contributed by atoms with van der Waals surface area (Å²) < 4.78 is 13.3. The summed E-state index contributed by atoms with van der Waals surface area (Å²) in [5.74, 6) is 3.85. The zero-order valence-corrected chi connectivity index (χ0v) is 13.5. The van der Waals surface area contributed by atoms with Crippen molar-refractivity contribution in [1.29, 1.82) is 0 Å². The molecule has 0 unspecified atom stereocenters. The third-order valence-corrected chi connectivity index (χ3v) is 3.86. The zero-order chi connectivity index (χ0) is 15.9. The van der Waals surface area contributed by atoms with Gasteiger partial charge in [0.2, 0.25) is 5.82 Å². The molecule has 0 aliphatic heterocycles. The molecule has 0 fully saturated rings. The molecule has 0 radical (unpaired) electrons. The van der Waals surface area contributed by atoms with Gasteiger partial charge >= 0.3 is 0 Å². The highest BCUT2D eigenvalue weighted by Crippen LogP contribution is 2.32. The lowest BCUT2D eigenvalue weighted by atomic mass is 10.1. The van der Waals surface area contributed by atoms with Gasteiger partial charge in [-0.25, -0.2) is 0 Å². The van der Waals surface area contributed by atoms with Gasteiger partial charge in [-0.2, -0.15) is 0 Å². The standard InChI is InChI=1S/C17H19N3O2/c1-10-7-6-8-14(21-5)16(10)20-13(4)18-19-17(20)15-9-11(2)12(3)22-15/h6-9H,1-5H3. The molecule has 3 rings (SSSR count). The van der Waals surface area contributed by atoms with E-state index in [9.17, 15) is 0 Å². The van der Waals surface area contributed by atoms with Crippen molar-refractivity contribution >= 4 is 0 Å². The summed E-state index contributed by atoms with van der Waals surface area (Å²) in [5.41, 5.74) is 3.12. The molecule has 2 aromatic heterocycles. The minimum atomic E-state index is 0.682. The summed E-state index contributed by atoms with van der Waals surface area (Å²) in [7, 11) is 1.67. The highest BCUT2D eigenvalue weighted by atomic mass is 16.5. The van der Waals surface area contributed by atoms with Crippen LogP contribution in [0.3, 0.4) is 0 Å². The second kappa shape index (κ2) is 5.33. The summed E-state index contributed by atoms with van der Waals surface area (Å²) in [6.45, 7) is 7.93. The number of furan rings is 1. The van der Waals surface area contributed by atoms with Crippen LogP contribution in [0.4, 0.5) is 0 Å². The summed E-state index contributed by atoms with van der Waals surface area (Å²) in [6, 6.07) is 7.93. The Morgan fingerprint density at radius 3 is 2.45 bits per heavy atom. The van der Waals surface area contributed by atoms with Gasteiger partial charge in [-0.15, -0.1) is 10.2 Å². The van der Waals surface area contributed by atoms with Gasteiger partial charge in [0.15, 0.2) is 5.76 Å². The summed E-state index contributed by atoms with van der Waals surface area (Å²) in [4.78, 5) is 0. The first-order valence-electron chi connectivity index (χ1n) is 7.16. The lowest BCUT2D eigenvalue weighted by Gasteiger charge is -2.14. The maximum absolute atomic E-state index is 5.83. The number of para-hydroxylation sites is 1. The number of rotatable bonds is 3. The molecule has 5 nitrogen and oxygen atoms in total. The second-order valence-corrected chi connectivity index (χ2v) is 5.38. The monoisotopic (exact) mass is 297 g/mol. The smallest absolute Gasteiger partial charge is 0.204 e. The van der Waals surface area contributed by atoms with Crippen LogP contribution in [0, 0.1) is 27.7 Å². The minimum absolute atomic E-state index is 0.682. The molecule has 5 heteroatoms. The molecule has 0 bridgehead atoms. The Balaban J connectivity index is 2.27. The minimum Gasteiger partial charge on any atom is -0.495 e. The van der Waals surface area contributed by atoms with Crippen LogP contribution in [-0.4, -0.2) is 21.9 Å². The van der Waals surface area contributed by atoms with E-state index >= 15 is 0 Å². The third-order valence-electron chi connectivity index (χ3n) is 3.86. The number of ether oxygens (including phenoxy) is 1. The Bertz CT molecular complexity index is 811. The Labute approximate surface area is 129 Å². The number of aryl methyl sites for hydroxylation is 4. The molecule has 22 heavy (non-hydrogen) atoms. The number of hydrogen-bond acceptors (Lipinski definition) is 4. The van der Waals surface area contributed by atoms with Crippen molar-refractivity contribution in [3.63, 3.8) is 0 Å². The van der Waals surface area contributed by atoms with Crippen molar-refractivity contribution in [3.8, 4) is 23.0 Å². The summed E-state index contributed by atoms with van der Waals surface area (Å²) in [5, 5.41) is 8.52. The van der Waals surface area contributed by atoms with Crippen molar-refractivity contribution in [2.24, 2.45) is 0 Å². The van der Waals surface area contributed by atoms with E-state index in [1.165, 1.54) is 0 Å². The van der Waals surface area contributed by atoms with Gasteiger partial charge in [-0.3, -0.25) is 4.57 Å². The number of nitrogens with zero attached hydrogens (tertiary/aromatic N) is 3. The van der Waals surface area contributed by atoms with Gasteiger partial charge in [0.1, 0.15) is 17.3 Å². The van der Waals surface area contributed by atoms with E-state index < -0.39 is 0 Å². The number of benzene rings is 1.